The van der Waals surface area contributed by atoms with Crippen LogP contribution in [0.15, 0.2) is 72.3 Å². The van der Waals surface area contributed by atoms with E-state index in [4.69, 9.17) is 4.74 Å². The molecule has 0 heterocycles. The molecule has 150 valence electrons. The number of aryl methyl sites for hydroxylation is 2. The van der Waals surface area contributed by atoms with E-state index in [9.17, 15) is 14.4 Å². The summed E-state index contributed by atoms with van der Waals surface area (Å²) in [6.45, 7) is 4.11. The molecule has 3 aromatic carbocycles. The Morgan fingerprint density at radius 3 is 2.53 bits per heavy atom. The molecule has 1 amide bonds. The molecule has 0 aliphatic carbocycles. The van der Waals surface area contributed by atoms with Gasteiger partial charge in [0.25, 0.3) is 5.91 Å². The number of halogens is 1. The fourth-order valence-corrected chi connectivity index (χ4v) is 2.92. The third-order valence-electron chi connectivity index (χ3n) is 4.52. The highest BCUT2D eigenvalue weighted by Gasteiger charge is 2.12. The molecule has 0 aliphatic rings. The number of carbonyl (C=O) groups is 1. The number of anilines is 1. The molecule has 0 atom stereocenters. The molecular formula is C25H21FN2O2. The minimum Gasteiger partial charge on any atom is -0.488 e. The Hall–Kier alpha value is -3.91. The van der Waals surface area contributed by atoms with Crippen LogP contribution in [0.25, 0.3) is 6.08 Å². The zero-order valence-corrected chi connectivity index (χ0v) is 16.8. The van der Waals surface area contributed by atoms with Crippen LogP contribution in [0.5, 0.6) is 5.75 Å². The third kappa shape index (κ3) is 5.33. The maximum absolute atomic E-state index is 13.1. The van der Waals surface area contributed by atoms with Gasteiger partial charge in [0, 0.05) is 11.3 Å². The zero-order chi connectivity index (χ0) is 21.5. The van der Waals surface area contributed by atoms with Crippen LogP contribution in [0, 0.1) is 31.0 Å². The first-order chi connectivity index (χ1) is 14.5. The largest absolute Gasteiger partial charge is 0.488 e. The van der Waals surface area contributed by atoms with Gasteiger partial charge in [-0.3, -0.25) is 4.79 Å². The second kappa shape index (κ2) is 9.53. The Morgan fingerprint density at radius 1 is 1.10 bits per heavy atom. The van der Waals surface area contributed by atoms with E-state index in [-0.39, 0.29) is 18.0 Å². The molecule has 0 spiro atoms. The molecule has 0 fully saturated rings. The average molecular weight is 400 g/mol. The second-order valence-electron chi connectivity index (χ2n) is 6.90. The first-order valence-electron chi connectivity index (χ1n) is 9.43. The standard InChI is InChI=1S/C25H21FN2O2/c1-17-7-12-23(18(2)13-17)28-25(29)21(15-27)14-20-5-3-4-6-24(20)30-16-19-8-10-22(26)11-9-19/h3-14H,16H2,1-2H3,(H,28,29)/b21-14+. The van der Waals surface area contributed by atoms with Crippen molar-refractivity contribution in [2.75, 3.05) is 5.32 Å². The van der Waals surface area contributed by atoms with E-state index < -0.39 is 5.91 Å². The molecule has 0 saturated heterocycles. The highest BCUT2D eigenvalue weighted by Crippen LogP contribution is 2.23. The van der Waals surface area contributed by atoms with Gasteiger partial charge in [0.15, 0.2) is 0 Å². The van der Waals surface area contributed by atoms with E-state index in [1.54, 1.807) is 36.4 Å². The SMILES string of the molecule is Cc1ccc(NC(=O)/C(C#N)=C/c2ccccc2OCc2ccc(F)cc2)c(C)c1. The lowest BCUT2D eigenvalue weighted by Gasteiger charge is -2.11. The maximum atomic E-state index is 13.1. The molecule has 30 heavy (non-hydrogen) atoms. The first kappa shape index (κ1) is 20.8. The molecule has 1 N–H and O–H groups in total. The van der Waals surface area contributed by atoms with Crippen LogP contribution in [0.4, 0.5) is 10.1 Å². The second-order valence-corrected chi connectivity index (χ2v) is 6.90. The molecule has 0 aliphatic heterocycles. The van der Waals surface area contributed by atoms with Crippen molar-refractivity contribution >= 4 is 17.7 Å². The third-order valence-corrected chi connectivity index (χ3v) is 4.52. The number of nitrogens with one attached hydrogen (secondary N) is 1. The molecular weight excluding hydrogens is 379 g/mol. The number of ether oxygens (including phenoxy) is 1. The number of benzene rings is 3. The zero-order valence-electron chi connectivity index (χ0n) is 16.8. The van der Waals surface area contributed by atoms with E-state index in [0.717, 1.165) is 16.7 Å². The first-order valence-corrected chi connectivity index (χ1v) is 9.43. The predicted octanol–water partition coefficient (Wildman–Crippen LogP) is 5.57. The van der Waals surface area contributed by atoms with Gasteiger partial charge in [-0.25, -0.2) is 4.39 Å². The topological polar surface area (TPSA) is 62.1 Å². The normalized spacial score (nSPS) is 10.9. The summed E-state index contributed by atoms with van der Waals surface area (Å²) >= 11 is 0. The Kier molecular flexibility index (Phi) is 6.61. The highest BCUT2D eigenvalue weighted by atomic mass is 19.1. The van der Waals surface area contributed by atoms with E-state index in [1.165, 1.54) is 18.2 Å². The molecule has 0 radical (unpaired) electrons. The number of nitriles is 1. The Labute approximate surface area is 175 Å². The van der Waals surface area contributed by atoms with Crippen LogP contribution in [0.2, 0.25) is 0 Å². The van der Waals surface area contributed by atoms with Crippen molar-refractivity contribution in [1.82, 2.24) is 0 Å². The number of rotatable bonds is 6. The Balaban J connectivity index is 1.79. The summed E-state index contributed by atoms with van der Waals surface area (Å²) in [7, 11) is 0. The summed E-state index contributed by atoms with van der Waals surface area (Å²) in [6.07, 6.45) is 1.50. The van der Waals surface area contributed by atoms with Crippen LogP contribution in [-0.4, -0.2) is 5.91 Å². The predicted molar refractivity (Wildman–Crippen MR) is 115 cm³/mol. The number of nitrogens with zero attached hydrogens (tertiary/aromatic N) is 1. The molecule has 5 heteroatoms. The monoisotopic (exact) mass is 400 g/mol. The van der Waals surface area contributed by atoms with Crippen molar-refractivity contribution in [3.63, 3.8) is 0 Å². The van der Waals surface area contributed by atoms with Crippen LogP contribution < -0.4 is 10.1 Å². The summed E-state index contributed by atoms with van der Waals surface area (Å²) in [6, 6.07) is 20.8. The molecule has 3 aromatic rings. The van der Waals surface area contributed by atoms with Gasteiger partial charge in [0.2, 0.25) is 0 Å². The summed E-state index contributed by atoms with van der Waals surface area (Å²) in [4.78, 5) is 12.6. The molecule has 4 nitrogen and oxygen atoms in total. The average Bonchev–Trinajstić information content (AvgIpc) is 2.74. The number of amides is 1. The van der Waals surface area contributed by atoms with Gasteiger partial charge in [0.05, 0.1) is 0 Å². The van der Waals surface area contributed by atoms with Gasteiger partial charge in [0.1, 0.15) is 29.8 Å². The number of hydrogen-bond donors (Lipinski definition) is 1. The quantitative estimate of drug-likeness (QED) is 0.435. The van der Waals surface area contributed by atoms with Gasteiger partial charge in [-0.1, -0.05) is 48.0 Å². The minimum atomic E-state index is -0.488. The highest BCUT2D eigenvalue weighted by molar-refractivity contribution is 6.10. The maximum Gasteiger partial charge on any atom is 0.266 e. The number of para-hydroxylation sites is 1. The van der Waals surface area contributed by atoms with Crippen LogP contribution in [0.3, 0.4) is 0 Å². The van der Waals surface area contributed by atoms with Gasteiger partial charge in [-0.2, -0.15) is 5.26 Å². The Bertz CT molecular complexity index is 1130. The van der Waals surface area contributed by atoms with Gasteiger partial charge >= 0.3 is 0 Å². The fourth-order valence-electron chi connectivity index (χ4n) is 2.92. The van der Waals surface area contributed by atoms with Crippen LogP contribution in [0.1, 0.15) is 22.3 Å². The molecule has 0 unspecified atom stereocenters. The number of carbonyl (C=O) groups excluding carboxylic acids is 1. The van der Waals surface area contributed by atoms with Crippen molar-refractivity contribution in [1.29, 1.82) is 5.26 Å². The van der Waals surface area contributed by atoms with Crippen molar-refractivity contribution in [2.45, 2.75) is 20.5 Å². The van der Waals surface area contributed by atoms with Gasteiger partial charge < -0.3 is 10.1 Å². The van der Waals surface area contributed by atoms with E-state index >= 15 is 0 Å². The summed E-state index contributed by atoms with van der Waals surface area (Å²) < 4.78 is 18.9. The van der Waals surface area contributed by atoms with E-state index in [2.05, 4.69) is 5.32 Å². The summed E-state index contributed by atoms with van der Waals surface area (Å²) in [5.74, 6) is -0.276. The van der Waals surface area contributed by atoms with E-state index in [0.29, 0.717) is 17.0 Å². The van der Waals surface area contributed by atoms with Crippen molar-refractivity contribution in [3.8, 4) is 11.8 Å². The lowest BCUT2D eigenvalue weighted by molar-refractivity contribution is -0.112. The summed E-state index contributed by atoms with van der Waals surface area (Å²) in [5, 5.41) is 12.3. The lowest BCUT2D eigenvalue weighted by Crippen LogP contribution is -2.14. The lowest BCUT2D eigenvalue weighted by atomic mass is 10.1. The Morgan fingerprint density at radius 2 is 1.83 bits per heavy atom. The van der Waals surface area contributed by atoms with Gasteiger partial charge in [-0.05, 0) is 55.3 Å². The van der Waals surface area contributed by atoms with E-state index in [1.807, 2.05) is 38.1 Å². The fraction of sp³-hybridized carbons (Fsp3) is 0.120. The molecule has 0 saturated carbocycles. The molecule has 0 bridgehead atoms. The molecule has 0 aromatic heterocycles. The molecule has 3 rings (SSSR count). The van der Waals surface area contributed by atoms with Crippen molar-refractivity contribution in [3.05, 3.63) is 100 Å². The van der Waals surface area contributed by atoms with Gasteiger partial charge in [-0.15, -0.1) is 0 Å². The van der Waals surface area contributed by atoms with Crippen molar-refractivity contribution < 1.29 is 13.9 Å². The van der Waals surface area contributed by atoms with Crippen LogP contribution in [-0.2, 0) is 11.4 Å². The number of hydrogen-bond acceptors (Lipinski definition) is 3. The summed E-state index contributed by atoms with van der Waals surface area (Å²) in [5.41, 5.74) is 4.05. The van der Waals surface area contributed by atoms with Crippen molar-refractivity contribution in [2.24, 2.45) is 0 Å². The smallest absolute Gasteiger partial charge is 0.266 e. The van der Waals surface area contributed by atoms with Crippen LogP contribution >= 0.6 is 0 Å². The minimum absolute atomic E-state index is 0.0344.